The highest BCUT2D eigenvalue weighted by Gasteiger charge is 2.35. The number of ether oxygens (including phenoxy) is 2. The van der Waals surface area contributed by atoms with Crippen LogP contribution in [-0.4, -0.2) is 56.1 Å². The van der Waals surface area contributed by atoms with Crippen molar-refractivity contribution in [2.24, 2.45) is 11.7 Å². The third-order valence-corrected chi connectivity index (χ3v) is 4.80. The second kappa shape index (κ2) is 8.40. The molecule has 0 spiro atoms. The Morgan fingerprint density at radius 2 is 2.12 bits per heavy atom. The van der Waals surface area contributed by atoms with Crippen LogP contribution in [0.1, 0.15) is 36.0 Å². The van der Waals surface area contributed by atoms with E-state index in [4.69, 9.17) is 15.2 Å². The predicted octanol–water partition coefficient (Wildman–Crippen LogP) is 1.16. The summed E-state index contributed by atoms with van der Waals surface area (Å²) in [6.07, 6.45) is 3.78. The predicted molar refractivity (Wildman–Crippen MR) is 97.3 cm³/mol. The van der Waals surface area contributed by atoms with Gasteiger partial charge in [0.2, 0.25) is 5.91 Å². The van der Waals surface area contributed by atoms with Gasteiger partial charge in [-0.25, -0.2) is 0 Å². The molecule has 0 bridgehead atoms. The summed E-state index contributed by atoms with van der Waals surface area (Å²) in [6, 6.07) is 5.07. The highest BCUT2D eigenvalue weighted by Crippen LogP contribution is 2.32. The van der Waals surface area contributed by atoms with Crippen LogP contribution in [0.25, 0.3) is 0 Å². The zero-order valence-electron chi connectivity index (χ0n) is 15.2. The Hall–Kier alpha value is -2.28. The minimum absolute atomic E-state index is 0.0385. The number of nitrogens with zero attached hydrogens (tertiary/aromatic N) is 1. The number of nitrogens with two attached hydrogens (primary N) is 1. The minimum Gasteiger partial charge on any atom is -0.497 e. The lowest BCUT2D eigenvalue weighted by molar-refractivity contribution is -0.133. The molecule has 26 heavy (non-hydrogen) atoms. The van der Waals surface area contributed by atoms with Crippen LogP contribution >= 0.6 is 0 Å². The standard InChI is InChI=1S/C19H27N3O4/c1-25-15-6-7-16(17(11-15)26-10-8-20)18(23)21-14-3-2-9-22(12-14)19(24)13-4-5-13/h6-7,11,13-14H,2-5,8-10,12,20H2,1H3,(H,21,23). The van der Waals surface area contributed by atoms with Crippen LogP contribution in [0.4, 0.5) is 0 Å². The fourth-order valence-corrected chi connectivity index (χ4v) is 3.25. The lowest BCUT2D eigenvalue weighted by Crippen LogP contribution is -2.50. The van der Waals surface area contributed by atoms with E-state index in [2.05, 4.69) is 5.32 Å². The average Bonchev–Trinajstić information content (AvgIpc) is 3.50. The van der Waals surface area contributed by atoms with Crippen LogP contribution in [0.3, 0.4) is 0 Å². The number of piperidine rings is 1. The third-order valence-electron chi connectivity index (χ3n) is 4.80. The molecule has 3 N–H and O–H groups in total. The molecule has 1 unspecified atom stereocenters. The molecule has 142 valence electrons. The Bertz CT molecular complexity index is 660. The zero-order valence-corrected chi connectivity index (χ0v) is 15.2. The summed E-state index contributed by atoms with van der Waals surface area (Å²) in [6.45, 7) is 2.05. The van der Waals surface area contributed by atoms with E-state index in [9.17, 15) is 9.59 Å². The SMILES string of the molecule is COc1ccc(C(=O)NC2CCCN(C(=O)C3CC3)C2)c(OCCN)c1. The number of carbonyl (C=O) groups is 2. The van der Waals surface area contributed by atoms with Crippen molar-refractivity contribution in [1.29, 1.82) is 0 Å². The Morgan fingerprint density at radius 1 is 1.31 bits per heavy atom. The Labute approximate surface area is 153 Å². The van der Waals surface area contributed by atoms with E-state index in [1.165, 1.54) is 0 Å². The first kappa shape index (κ1) is 18.5. The van der Waals surface area contributed by atoms with Gasteiger partial charge in [-0.05, 0) is 37.8 Å². The molecule has 2 amide bonds. The first-order valence-electron chi connectivity index (χ1n) is 9.23. The fraction of sp³-hybridized carbons (Fsp3) is 0.579. The number of hydrogen-bond acceptors (Lipinski definition) is 5. The molecule has 3 rings (SSSR count). The molecule has 1 saturated carbocycles. The van der Waals surface area contributed by atoms with Crippen LogP contribution in [0, 0.1) is 5.92 Å². The number of hydrogen-bond donors (Lipinski definition) is 2. The minimum atomic E-state index is -0.203. The molecule has 1 heterocycles. The van der Waals surface area contributed by atoms with Crippen molar-refractivity contribution in [3.05, 3.63) is 23.8 Å². The smallest absolute Gasteiger partial charge is 0.255 e. The van der Waals surface area contributed by atoms with Gasteiger partial charge >= 0.3 is 0 Å². The highest BCUT2D eigenvalue weighted by molar-refractivity contribution is 5.97. The zero-order chi connectivity index (χ0) is 18.5. The molecule has 2 fully saturated rings. The third kappa shape index (κ3) is 4.46. The maximum atomic E-state index is 12.8. The van der Waals surface area contributed by atoms with E-state index in [0.29, 0.717) is 36.8 Å². The first-order chi connectivity index (χ1) is 12.6. The van der Waals surface area contributed by atoms with Crippen molar-refractivity contribution in [2.45, 2.75) is 31.7 Å². The number of nitrogens with one attached hydrogen (secondary N) is 1. The van der Waals surface area contributed by atoms with Gasteiger partial charge in [-0.15, -0.1) is 0 Å². The van der Waals surface area contributed by atoms with E-state index >= 15 is 0 Å². The molecule has 1 atom stereocenters. The van der Waals surface area contributed by atoms with Crippen LogP contribution in [0.5, 0.6) is 11.5 Å². The topological polar surface area (TPSA) is 93.9 Å². The summed E-state index contributed by atoms with van der Waals surface area (Å²) in [5, 5.41) is 3.05. The van der Waals surface area contributed by atoms with Gasteiger partial charge in [0.05, 0.1) is 12.7 Å². The Balaban J connectivity index is 1.65. The summed E-state index contributed by atoms with van der Waals surface area (Å²) >= 11 is 0. The summed E-state index contributed by atoms with van der Waals surface area (Å²) in [7, 11) is 1.56. The quantitative estimate of drug-likeness (QED) is 0.760. The van der Waals surface area contributed by atoms with Crippen LogP contribution < -0.4 is 20.5 Å². The van der Waals surface area contributed by atoms with Crippen molar-refractivity contribution < 1.29 is 19.1 Å². The van der Waals surface area contributed by atoms with Crippen LogP contribution in [0.2, 0.25) is 0 Å². The second-order valence-corrected chi connectivity index (χ2v) is 6.87. The van der Waals surface area contributed by atoms with Crippen molar-refractivity contribution in [3.63, 3.8) is 0 Å². The van der Waals surface area contributed by atoms with Gasteiger partial charge in [-0.2, -0.15) is 0 Å². The first-order valence-corrected chi connectivity index (χ1v) is 9.23. The maximum absolute atomic E-state index is 12.8. The van der Waals surface area contributed by atoms with Gasteiger partial charge in [-0.3, -0.25) is 9.59 Å². The molecule has 7 heteroatoms. The van der Waals surface area contributed by atoms with E-state index in [0.717, 1.165) is 32.2 Å². The molecule has 0 aromatic heterocycles. The van der Waals surface area contributed by atoms with Crippen molar-refractivity contribution in [2.75, 3.05) is 33.4 Å². The fourth-order valence-electron chi connectivity index (χ4n) is 3.25. The Kier molecular flexibility index (Phi) is 5.98. The number of methoxy groups -OCH3 is 1. The van der Waals surface area contributed by atoms with Gasteiger partial charge in [0.1, 0.15) is 18.1 Å². The molecule has 1 saturated heterocycles. The summed E-state index contributed by atoms with van der Waals surface area (Å²) in [4.78, 5) is 26.9. The Morgan fingerprint density at radius 3 is 2.81 bits per heavy atom. The van der Waals surface area contributed by atoms with Gasteiger partial charge in [-0.1, -0.05) is 0 Å². The van der Waals surface area contributed by atoms with Crippen LogP contribution in [0.15, 0.2) is 18.2 Å². The molecule has 1 aliphatic heterocycles. The largest absolute Gasteiger partial charge is 0.497 e. The number of carbonyl (C=O) groups excluding carboxylic acids is 2. The maximum Gasteiger partial charge on any atom is 0.255 e. The molecular weight excluding hydrogens is 334 g/mol. The van der Waals surface area contributed by atoms with Crippen molar-refractivity contribution >= 4 is 11.8 Å². The molecule has 1 aliphatic carbocycles. The van der Waals surface area contributed by atoms with Gasteiger partial charge in [0.25, 0.3) is 5.91 Å². The molecule has 2 aliphatic rings. The lowest BCUT2D eigenvalue weighted by Gasteiger charge is -2.33. The van der Waals surface area contributed by atoms with Crippen molar-refractivity contribution in [3.8, 4) is 11.5 Å². The van der Waals surface area contributed by atoms with Crippen molar-refractivity contribution in [1.82, 2.24) is 10.2 Å². The average molecular weight is 361 g/mol. The lowest BCUT2D eigenvalue weighted by atomic mass is 10.0. The molecule has 7 nitrogen and oxygen atoms in total. The van der Waals surface area contributed by atoms with E-state index in [1.54, 1.807) is 25.3 Å². The van der Waals surface area contributed by atoms with E-state index in [-0.39, 0.29) is 23.8 Å². The van der Waals surface area contributed by atoms with Gasteiger partial charge in [0.15, 0.2) is 0 Å². The molecule has 1 aromatic rings. The number of amides is 2. The summed E-state index contributed by atoms with van der Waals surface area (Å²) in [5.41, 5.74) is 5.95. The van der Waals surface area contributed by atoms with Crippen LogP contribution in [-0.2, 0) is 4.79 Å². The normalized spacial score (nSPS) is 19.8. The second-order valence-electron chi connectivity index (χ2n) is 6.87. The summed E-state index contributed by atoms with van der Waals surface area (Å²) in [5.74, 6) is 1.31. The van der Waals surface area contributed by atoms with Gasteiger partial charge in [0, 0.05) is 37.7 Å². The van der Waals surface area contributed by atoms with E-state index < -0.39 is 0 Å². The van der Waals surface area contributed by atoms with E-state index in [1.807, 2.05) is 4.90 Å². The van der Waals surface area contributed by atoms with Gasteiger partial charge < -0.3 is 25.4 Å². The number of likely N-dealkylation sites (tertiary alicyclic amines) is 1. The molecule has 0 radical (unpaired) electrons. The highest BCUT2D eigenvalue weighted by atomic mass is 16.5. The summed E-state index contributed by atoms with van der Waals surface area (Å²) < 4.78 is 10.8. The molecule has 1 aromatic carbocycles. The number of rotatable bonds is 7. The number of benzene rings is 1. The molecular formula is C19H27N3O4. The monoisotopic (exact) mass is 361 g/mol.